The third kappa shape index (κ3) is 2.12. The molecule has 0 radical (unpaired) electrons. The van der Waals surface area contributed by atoms with Crippen LogP contribution >= 0.6 is 15.9 Å². The van der Waals surface area contributed by atoms with E-state index in [0.29, 0.717) is 16.6 Å². The standard InChI is InChI=1S/C10H10BrFN2O/c1-5-2-10(15)14-9-4-7(12)6(11)3-8(9)13-5/h3-5,13H,2H2,1H3,(H,14,15). The number of carbonyl (C=O) groups excluding carboxylic acids is 1. The van der Waals surface area contributed by atoms with Crippen LogP contribution in [-0.4, -0.2) is 11.9 Å². The molecule has 1 unspecified atom stereocenters. The van der Waals surface area contributed by atoms with Gasteiger partial charge in [-0.3, -0.25) is 4.79 Å². The van der Waals surface area contributed by atoms with Crippen molar-refractivity contribution in [3.05, 3.63) is 22.4 Å². The zero-order valence-corrected chi connectivity index (χ0v) is 9.69. The lowest BCUT2D eigenvalue weighted by Crippen LogP contribution is -2.18. The number of anilines is 2. The van der Waals surface area contributed by atoms with Gasteiger partial charge >= 0.3 is 0 Å². The molecule has 0 saturated carbocycles. The SMILES string of the molecule is CC1CC(=O)Nc2cc(F)c(Br)cc2N1. The zero-order chi connectivity index (χ0) is 11.0. The highest BCUT2D eigenvalue weighted by atomic mass is 79.9. The molecule has 1 heterocycles. The number of hydrogen-bond acceptors (Lipinski definition) is 2. The lowest BCUT2D eigenvalue weighted by molar-refractivity contribution is -0.116. The van der Waals surface area contributed by atoms with E-state index in [1.165, 1.54) is 6.07 Å². The summed E-state index contributed by atoms with van der Waals surface area (Å²) in [5.74, 6) is -0.485. The molecule has 1 atom stereocenters. The third-order valence-corrected chi connectivity index (χ3v) is 2.84. The van der Waals surface area contributed by atoms with E-state index in [4.69, 9.17) is 0 Å². The first-order valence-electron chi connectivity index (χ1n) is 4.61. The van der Waals surface area contributed by atoms with Gasteiger partial charge in [0.15, 0.2) is 0 Å². The Morgan fingerprint density at radius 3 is 2.93 bits per heavy atom. The molecule has 3 nitrogen and oxygen atoms in total. The van der Waals surface area contributed by atoms with Crippen LogP contribution in [0.5, 0.6) is 0 Å². The first-order chi connectivity index (χ1) is 7.06. The first kappa shape index (κ1) is 10.4. The number of carbonyl (C=O) groups is 1. The van der Waals surface area contributed by atoms with E-state index in [1.54, 1.807) is 6.07 Å². The topological polar surface area (TPSA) is 41.1 Å². The summed E-state index contributed by atoms with van der Waals surface area (Å²) >= 11 is 3.11. The van der Waals surface area contributed by atoms with Gasteiger partial charge in [-0.25, -0.2) is 4.39 Å². The van der Waals surface area contributed by atoms with Gasteiger partial charge in [0.2, 0.25) is 5.91 Å². The molecule has 0 saturated heterocycles. The van der Waals surface area contributed by atoms with Crippen molar-refractivity contribution in [3.8, 4) is 0 Å². The molecule has 5 heteroatoms. The van der Waals surface area contributed by atoms with Crippen molar-refractivity contribution in [2.75, 3.05) is 10.6 Å². The number of benzene rings is 1. The third-order valence-electron chi connectivity index (χ3n) is 2.23. The fourth-order valence-corrected chi connectivity index (χ4v) is 1.91. The van der Waals surface area contributed by atoms with Crippen molar-refractivity contribution in [2.45, 2.75) is 19.4 Å². The van der Waals surface area contributed by atoms with Crippen molar-refractivity contribution >= 4 is 33.2 Å². The van der Waals surface area contributed by atoms with Crippen LogP contribution in [0.1, 0.15) is 13.3 Å². The van der Waals surface area contributed by atoms with Gasteiger partial charge in [-0.15, -0.1) is 0 Å². The van der Waals surface area contributed by atoms with Crippen LogP contribution in [0.15, 0.2) is 16.6 Å². The number of nitrogens with one attached hydrogen (secondary N) is 2. The molecule has 1 aromatic rings. The second kappa shape index (κ2) is 3.81. The van der Waals surface area contributed by atoms with Gasteiger partial charge in [0.05, 0.1) is 15.8 Å². The summed E-state index contributed by atoms with van der Waals surface area (Å²) in [6.45, 7) is 1.91. The molecule has 2 rings (SSSR count). The Morgan fingerprint density at radius 2 is 2.20 bits per heavy atom. The second-order valence-corrected chi connectivity index (χ2v) is 4.46. The summed E-state index contributed by atoms with van der Waals surface area (Å²) in [6.07, 6.45) is 0.383. The molecule has 1 amide bonds. The number of fused-ring (bicyclic) bond motifs is 1. The quantitative estimate of drug-likeness (QED) is 0.763. The first-order valence-corrected chi connectivity index (χ1v) is 5.41. The van der Waals surface area contributed by atoms with Crippen LogP contribution in [0.4, 0.5) is 15.8 Å². The van der Waals surface area contributed by atoms with Crippen LogP contribution in [0.25, 0.3) is 0 Å². The summed E-state index contributed by atoms with van der Waals surface area (Å²) in [6, 6.07) is 2.98. The molecule has 15 heavy (non-hydrogen) atoms. The summed E-state index contributed by atoms with van der Waals surface area (Å²) in [5, 5.41) is 5.80. The van der Waals surface area contributed by atoms with Crippen LogP contribution in [0.2, 0.25) is 0 Å². The smallest absolute Gasteiger partial charge is 0.226 e. The molecular formula is C10H10BrFN2O. The highest BCUT2D eigenvalue weighted by Gasteiger charge is 2.18. The van der Waals surface area contributed by atoms with Gasteiger partial charge in [0, 0.05) is 18.5 Å². The zero-order valence-electron chi connectivity index (χ0n) is 8.10. The Labute approximate surface area is 95.2 Å². The molecule has 80 valence electrons. The van der Waals surface area contributed by atoms with Gasteiger partial charge in [-0.05, 0) is 28.9 Å². The maximum absolute atomic E-state index is 13.2. The van der Waals surface area contributed by atoms with Crippen LogP contribution in [0, 0.1) is 5.82 Å². The summed E-state index contributed by atoms with van der Waals surface area (Å²) in [7, 11) is 0. The minimum atomic E-state index is -0.384. The van der Waals surface area contributed by atoms with E-state index < -0.39 is 0 Å². The Kier molecular flexibility index (Phi) is 2.65. The molecule has 1 aromatic carbocycles. The Bertz CT molecular complexity index is 422. The molecule has 0 aliphatic carbocycles. The summed E-state index contributed by atoms with van der Waals surface area (Å²) < 4.78 is 13.6. The van der Waals surface area contributed by atoms with Crippen molar-refractivity contribution in [1.29, 1.82) is 0 Å². The van der Waals surface area contributed by atoms with Gasteiger partial charge in [-0.1, -0.05) is 0 Å². The largest absolute Gasteiger partial charge is 0.380 e. The normalized spacial score (nSPS) is 19.9. The Balaban J connectivity index is 2.46. The van der Waals surface area contributed by atoms with Crippen molar-refractivity contribution in [2.24, 2.45) is 0 Å². The van der Waals surface area contributed by atoms with Gasteiger partial charge in [0.1, 0.15) is 5.82 Å². The van der Waals surface area contributed by atoms with Gasteiger partial charge in [-0.2, -0.15) is 0 Å². The number of hydrogen-bond donors (Lipinski definition) is 2. The van der Waals surface area contributed by atoms with Crippen molar-refractivity contribution in [1.82, 2.24) is 0 Å². The van der Waals surface area contributed by atoms with E-state index in [1.807, 2.05) is 6.92 Å². The van der Waals surface area contributed by atoms with E-state index in [0.717, 1.165) is 5.69 Å². The molecule has 0 fully saturated rings. The molecule has 0 spiro atoms. The van der Waals surface area contributed by atoms with Crippen LogP contribution in [-0.2, 0) is 4.79 Å². The summed E-state index contributed by atoms with van der Waals surface area (Å²) in [4.78, 5) is 11.4. The molecule has 2 N–H and O–H groups in total. The van der Waals surface area contributed by atoms with Crippen LogP contribution in [0.3, 0.4) is 0 Å². The highest BCUT2D eigenvalue weighted by molar-refractivity contribution is 9.10. The lowest BCUT2D eigenvalue weighted by Gasteiger charge is -2.12. The van der Waals surface area contributed by atoms with Crippen molar-refractivity contribution in [3.63, 3.8) is 0 Å². The Morgan fingerprint density at radius 1 is 1.47 bits per heavy atom. The van der Waals surface area contributed by atoms with Gasteiger partial charge in [0.25, 0.3) is 0 Å². The van der Waals surface area contributed by atoms with Crippen molar-refractivity contribution < 1.29 is 9.18 Å². The number of halogens is 2. The second-order valence-electron chi connectivity index (χ2n) is 3.61. The lowest BCUT2D eigenvalue weighted by atomic mass is 10.2. The Hall–Kier alpha value is -1.10. The number of amides is 1. The molecular weight excluding hydrogens is 263 g/mol. The average molecular weight is 273 g/mol. The minimum absolute atomic E-state index is 0.0450. The van der Waals surface area contributed by atoms with E-state index in [9.17, 15) is 9.18 Å². The van der Waals surface area contributed by atoms with Gasteiger partial charge < -0.3 is 10.6 Å². The molecule has 0 bridgehead atoms. The monoisotopic (exact) mass is 272 g/mol. The maximum atomic E-state index is 13.2. The molecule has 0 aromatic heterocycles. The minimum Gasteiger partial charge on any atom is -0.380 e. The predicted molar refractivity (Wildman–Crippen MR) is 60.4 cm³/mol. The van der Waals surface area contributed by atoms with E-state index in [-0.39, 0.29) is 17.8 Å². The molecule has 1 aliphatic rings. The molecule has 1 aliphatic heterocycles. The average Bonchev–Trinajstić information content (AvgIpc) is 2.24. The number of rotatable bonds is 0. The van der Waals surface area contributed by atoms with Crippen LogP contribution < -0.4 is 10.6 Å². The van der Waals surface area contributed by atoms with E-state index in [2.05, 4.69) is 26.6 Å². The highest BCUT2D eigenvalue weighted by Crippen LogP contribution is 2.31. The predicted octanol–water partition coefficient (Wildman–Crippen LogP) is 2.73. The fourth-order valence-electron chi connectivity index (χ4n) is 1.57. The van der Waals surface area contributed by atoms with E-state index >= 15 is 0 Å². The summed E-state index contributed by atoms with van der Waals surface area (Å²) in [5.41, 5.74) is 1.23. The fraction of sp³-hybridized carbons (Fsp3) is 0.300. The maximum Gasteiger partial charge on any atom is 0.226 e.